The zero-order chi connectivity index (χ0) is 15.6. The second-order valence-corrected chi connectivity index (χ2v) is 5.42. The minimum atomic E-state index is -1.14. The highest BCUT2D eigenvalue weighted by Crippen LogP contribution is 2.25. The van der Waals surface area contributed by atoms with Gasteiger partial charge in [0.05, 0.1) is 11.3 Å². The smallest absolute Gasteiger partial charge is 0.335 e. The predicted molar refractivity (Wildman–Crippen MR) is 81.9 cm³/mol. The molecular weight excluding hydrogens is 338 g/mol. The highest BCUT2D eigenvalue weighted by molar-refractivity contribution is 9.10. The largest absolute Gasteiger partial charge is 0.506 e. The number of amides is 1. The number of anilines is 1. The standard InChI is InChI=1S/C15H12BrNO4/c1-8-4-10(6-11(16)5-8)14(19)17-12-7-9(15(20)21)2-3-13(12)18/h2-7,18H,1H3,(H,17,19)(H,20,21). The quantitative estimate of drug-likeness (QED) is 0.741. The summed E-state index contributed by atoms with van der Waals surface area (Å²) in [6.45, 7) is 1.85. The van der Waals surface area contributed by atoms with Crippen molar-refractivity contribution in [2.24, 2.45) is 0 Å². The van der Waals surface area contributed by atoms with Gasteiger partial charge in [0.25, 0.3) is 5.91 Å². The van der Waals surface area contributed by atoms with Crippen LogP contribution < -0.4 is 5.32 Å². The van der Waals surface area contributed by atoms with Crippen LogP contribution in [0.15, 0.2) is 40.9 Å². The molecule has 2 rings (SSSR count). The molecule has 0 saturated carbocycles. The number of carboxylic acid groups (broad SMARTS) is 1. The van der Waals surface area contributed by atoms with Crippen molar-refractivity contribution in [3.8, 4) is 5.75 Å². The highest BCUT2D eigenvalue weighted by atomic mass is 79.9. The van der Waals surface area contributed by atoms with Gasteiger partial charge in [0.1, 0.15) is 5.75 Å². The average Bonchev–Trinajstić information content (AvgIpc) is 2.39. The first-order valence-corrected chi connectivity index (χ1v) is 6.81. The van der Waals surface area contributed by atoms with Gasteiger partial charge in [0.2, 0.25) is 0 Å². The fraction of sp³-hybridized carbons (Fsp3) is 0.0667. The van der Waals surface area contributed by atoms with Crippen molar-refractivity contribution in [1.82, 2.24) is 0 Å². The van der Waals surface area contributed by atoms with Crippen LogP contribution in [0, 0.1) is 6.92 Å². The number of carbonyl (C=O) groups excluding carboxylic acids is 1. The molecule has 0 saturated heterocycles. The Morgan fingerprint density at radius 3 is 2.43 bits per heavy atom. The highest BCUT2D eigenvalue weighted by Gasteiger charge is 2.12. The zero-order valence-electron chi connectivity index (χ0n) is 11.1. The van der Waals surface area contributed by atoms with E-state index in [1.54, 1.807) is 12.1 Å². The lowest BCUT2D eigenvalue weighted by molar-refractivity contribution is 0.0696. The van der Waals surface area contributed by atoms with E-state index >= 15 is 0 Å². The minimum absolute atomic E-state index is 0.0199. The van der Waals surface area contributed by atoms with Crippen LogP contribution in [0.5, 0.6) is 5.75 Å². The van der Waals surface area contributed by atoms with Crippen molar-refractivity contribution < 1.29 is 19.8 Å². The number of carboxylic acids is 1. The van der Waals surface area contributed by atoms with E-state index in [2.05, 4.69) is 21.2 Å². The fourth-order valence-corrected chi connectivity index (χ4v) is 2.44. The molecule has 21 heavy (non-hydrogen) atoms. The van der Waals surface area contributed by atoms with Gasteiger partial charge in [0.15, 0.2) is 0 Å². The van der Waals surface area contributed by atoms with Crippen molar-refractivity contribution in [2.45, 2.75) is 6.92 Å². The summed E-state index contributed by atoms with van der Waals surface area (Å²) in [4.78, 5) is 23.1. The second kappa shape index (κ2) is 5.97. The third kappa shape index (κ3) is 3.61. The molecule has 108 valence electrons. The van der Waals surface area contributed by atoms with E-state index in [1.165, 1.54) is 18.2 Å². The average molecular weight is 350 g/mol. The van der Waals surface area contributed by atoms with Crippen LogP contribution in [-0.2, 0) is 0 Å². The van der Waals surface area contributed by atoms with Crippen molar-refractivity contribution in [3.05, 3.63) is 57.6 Å². The fourth-order valence-electron chi connectivity index (χ4n) is 1.83. The Labute approximate surface area is 129 Å². The van der Waals surface area contributed by atoms with Gasteiger partial charge in [-0.25, -0.2) is 4.79 Å². The van der Waals surface area contributed by atoms with E-state index in [4.69, 9.17) is 5.11 Å². The first-order valence-electron chi connectivity index (χ1n) is 6.01. The monoisotopic (exact) mass is 349 g/mol. The zero-order valence-corrected chi connectivity index (χ0v) is 12.6. The van der Waals surface area contributed by atoms with Crippen LogP contribution in [0.25, 0.3) is 0 Å². The molecular formula is C15H12BrNO4. The maximum atomic E-state index is 12.2. The van der Waals surface area contributed by atoms with Gasteiger partial charge in [-0.3, -0.25) is 4.79 Å². The minimum Gasteiger partial charge on any atom is -0.506 e. The molecule has 3 N–H and O–H groups in total. The molecule has 6 heteroatoms. The lowest BCUT2D eigenvalue weighted by Gasteiger charge is -2.09. The lowest BCUT2D eigenvalue weighted by atomic mass is 10.1. The van der Waals surface area contributed by atoms with Crippen LogP contribution in [0.3, 0.4) is 0 Å². The van der Waals surface area contributed by atoms with E-state index in [-0.39, 0.29) is 17.0 Å². The first-order chi connectivity index (χ1) is 9.86. The van der Waals surface area contributed by atoms with Gasteiger partial charge in [-0.05, 0) is 48.9 Å². The Morgan fingerprint density at radius 2 is 1.81 bits per heavy atom. The molecule has 1 amide bonds. The summed E-state index contributed by atoms with van der Waals surface area (Å²) in [7, 11) is 0. The number of hydrogen-bond acceptors (Lipinski definition) is 3. The Balaban J connectivity index is 2.31. The van der Waals surface area contributed by atoms with E-state index in [1.807, 2.05) is 13.0 Å². The summed E-state index contributed by atoms with van der Waals surface area (Å²) in [5, 5.41) is 21.1. The molecule has 0 aliphatic carbocycles. The van der Waals surface area contributed by atoms with Crippen molar-refractivity contribution in [3.63, 3.8) is 0 Å². The number of halogens is 1. The molecule has 2 aromatic rings. The number of rotatable bonds is 3. The number of benzene rings is 2. The van der Waals surface area contributed by atoms with Gasteiger partial charge >= 0.3 is 5.97 Å². The molecule has 0 aliphatic heterocycles. The van der Waals surface area contributed by atoms with E-state index < -0.39 is 11.9 Å². The normalized spacial score (nSPS) is 10.2. The number of phenolic OH excluding ortho intramolecular Hbond substituents is 1. The Morgan fingerprint density at radius 1 is 1.10 bits per heavy atom. The van der Waals surface area contributed by atoms with E-state index in [9.17, 15) is 14.7 Å². The number of carbonyl (C=O) groups is 2. The maximum Gasteiger partial charge on any atom is 0.335 e. The summed E-state index contributed by atoms with van der Waals surface area (Å²) < 4.78 is 0.760. The molecule has 5 nitrogen and oxygen atoms in total. The van der Waals surface area contributed by atoms with Gasteiger partial charge in [-0.15, -0.1) is 0 Å². The van der Waals surface area contributed by atoms with Crippen LogP contribution in [0.4, 0.5) is 5.69 Å². The number of nitrogens with one attached hydrogen (secondary N) is 1. The van der Waals surface area contributed by atoms with Crippen molar-refractivity contribution in [2.75, 3.05) is 5.32 Å². The number of hydrogen-bond donors (Lipinski definition) is 3. The van der Waals surface area contributed by atoms with Gasteiger partial charge < -0.3 is 15.5 Å². The summed E-state index contributed by atoms with van der Waals surface area (Å²) in [5.41, 5.74) is 1.34. The molecule has 0 radical (unpaired) electrons. The summed E-state index contributed by atoms with van der Waals surface area (Å²) in [5.74, 6) is -1.76. The molecule has 0 aromatic heterocycles. The Hall–Kier alpha value is -2.34. The van der Waals surface area contributed by atoms with Crippen molar-refractivity contribution in [1.29, 1.82) is 0 Å². The van der Waals surface area contributed by atoms with Gasteiger partial charge in [-0.1, -0.05) is 15.9 Å². The Kier molecular flexibility index (Phi) is 4.28. The van der Waals surface area contributed by atoms with Crippen LogP contribution in [0.2, 0.25) is 0 Å². The Bertz CT molecular complexity index is 707. The summed E-state index contributed by atoms with van der Waals surface area (Å²) >= 11 is 3.30. The third-order valence-corrected chi connectivity index (χ3v) is 3.25. The summed E-state index contributed by atoms with van der Waals surface area (Å²) in [6, 6.07) is 8.89. The van der Waals surface area contributed by atoms with Crippen LogP contribution in [0.1, 0.15) is 26.3 Å². The second-order valence-electron chi connectivity index (χ2n) is 4.51. The number of aromatic hydroxyl groups is 1. The van der Waals surface area contributed by atoms with E-state index in [0.717, 1.165) is 10.0 Å². The molecule has 0 fully saturated rings. The summed E-state index contributed by atoms with van der Waals surface area (Å²) in [6.07, 6.45) is 0. The molecule has 0 aliphatic rings. The lowest BCUT2D eigenvalue weighted by Crippen LogP contribution is -2.13. The molecule has 2 aromatic carbocycles. The topological polar surface area (TPSA) is 86.6 Å². The first kappa shape index (κ1) is 15.1. The molecule has 0 atom stereocenters. The van der Waals surface area contributed by atoms with Crippen LogP contribution >= 0.6 is 15.9 Å². The maximum absolute atomic E-state index is 12.2. The predicted octanol–water partition coefficient (Wildman–Crippen LogP) is 3.41. The number of phenols is 1. The van der Waals surface area contributed by atoms with Gasteiger partial charge in [-0.2, -0.15) is 0 Å². The van der Waals surface area contributed by atoms with Gasteiger partial charge in [0, 0.05) is 10.0 Å². The molecule has 0 unspecified atom stereocenters. The number of aryl methyl sites for hydroxylation is 1. The van der Waals surface area contributed by atoms with Crippen molar-refractivity contribution >= 4 is 33.5 Å². The van der Waals surface area contributed by atoms with E-state index in [0.29, 0.717) is 5.56 Å². The molecule has 0 spiro atoms. The molecule has 0 heterocycles. The molecule has 0 bridgehead atoms. The SMILES string of the molecule is Cc1cc(Br)cc(C(=O)Nc2cc(C(=O)O)ccc2O)c1. The number of aromatic carboxylic acids is 1. The third-order valence-electron chi connectivity index (χ3n) is 2.80. The van der Waals surface area contributed by atoms with Crippen LogP contribution in [-0.4, -0.2) is 22.1 Å².